The fourth-order valence-electron chi connectivity index (χ4n) is 2.45. The van der Waals surface area contributed by atoms with Crippen LogP contribution in [-0.4, -0.2) is 18.9 Å². The summed E-state index contributed by atoms with van der Waals surface area (Å²) in [4.78, 5) is 12.4. The topological polar surface area (TPSA) is 51.2 Å². The summed E-state index contributed by atoms with van der Waals surface area (Å²) in [6.07, 6.45) is -4.91. The summed E-state index contributed by atoms with van der Waals surface area (Å²) in [7, 11) is -3.36. The van der Waals surface area contributed by atoms with Gasteiger partial charge < -0.3 is 0 Å². The molecule has 2 rings (SSSR count). The van der Waals surface area contributed by atoms with Gasteiger partial charge in [0.25, 0.3) is 0 Å². The molecule has 0 aliphatic rings. The highest BCUT2D eigenvalue weighted by molar-refractivity contribution is 7.91. The highest BCUT2D eigenvalue weighted by atomic mass is 32.2. The average Bonchev–Trinajstić information content (AvgIpc) is 2.53. The van der Waals surface area contributed by atoms with Gasteiger partial charge in [0.05, 0.1) is 16.1 Å². The Balaban J connectivity index is 2.18. The van der Waals surface area contributed by atoms with E-state index in [1.807, 2.05) is 0 Å². The summed E-state index contributed by atoms with van der Waals surface area (Å²) in [5, 5.41) is 0. The number of hydrogen-bond donors (Lipinski definition) is 0. The van der Waals surface area contributed by atoms with Gasteiger partial charge in [0.2, 0.25) is 0 Å². The zero-order valence-corrected chi connectivity index (χ0v) is 16.1. The SMILES string of the molecule is CC(C)(C)S(=O)(=O)Cc1ccc(C(=O)Cc2ccccc2C(F)(F)F)cc1. The molecule has 0 heterocycles. The van der Waals surface area contributed by atoms with Crippen molar-refractivity contribution in [3.63, 3.8) is 0 Å². The Kier molecular flexibility index (Phi) is 5.85. The van der Waals surface area contributed by atoms with Crippen LogP contribution in [0.3, 0.4) is 0 Å². The van der Waals surface area contributed by atoms with Crippen LogP contribution in [0.15, 0.2) is 48.5 Å². The summed E-state index contributed by atoms with van der Waals surface area (Å²) in [6.45, 7) is 4.83. The van der Waals surface area contributed by atoms with Gasteiger partial charge in [0.15, 0.2) is 15.6 Å². The van der Waals surface area contributed by atoms with Crippen molar-refractivity contribution in [3.05, 3.63) is 70.8 Å². The number of carbonyl (C=O) groups excluding carboxylic acids is 1. The fraction of sp³-hybridized carbons (Fsp3) is 0.350. The standard InChI is InChI=1S/C20H21F3O3S/c1-19(2,3)27(25,26)13-14-8-10-15(11-9-14)18(24)12-16-6-4-5-7-17(16)20(21,22)23/h4-11H,12-13H2,1-3H3. The molecule has 2 aromatic rings. The van der Waals surface area contributed by atoms with Gasteiger partial charge in [-0.1, -0.05) is 42.5 Å². The van der Waals surface area contributed by atoms with Crippen LogP contribution >= 0.6 is 0 Å². The molecule has 0 saturated heterocycles. The van der Waals surface area contributed by atoms with E-state index in [-0.39, 0.29) is 23.3 Å². The first-order valence-corrected chi connectivity index (χ1v) is 9.96. The molecule has 0 atom stereocenters. The van der Waals surface area contributed by atoms with Crippen LogP contribution in [0.1, 0.15) is 47.8 Å². The Morgan fingerprint density at radius 2 is 1.48 bits per heavy atom. The van der Waals surface area contributed by atoms with Gasteiger partial charge in [-0.15, -0.1) is 0 Å². The lowest BCUT2D eigenvalue weighted by Gasteiger charge is -2.19. The van der Waals surface area contributed by atoms with E-state index in [9.17, 15) is 26.4 Å². The van der Waals surface area contributed by atoms with E-state index in [4.69, 9.17) is 0 Å². The zero-order valence-electron chi connectivity index (χ0n) is 15.3. The zero-order chi connectivity index (χ0) is 20.5. The van der Waals surface area contributed by atoms with Gasteiger partial charge in [-0.05, 0) is 38.0 Å². The molecule has 0 amide bonds. The number of alkyl halides is 3. The fourth-order valence-corrected chi connectivity index (χ4v) is 3.51. The minimum Gasteiger partial charge on any atom is -0.294 e. The number of halogens is 3. The molecule has 0 aromatic heterocycles. The van der Waals surface area contributed by atoms with Crippen LogP contribution in [0, 0.1) is 0 Å². The normalized spacial score (nSPS) is 12.8. The number of carbonyl (C=O) groups is 1. The molecule has 0 aliphatic heterocycles. The third-order valence-corrected chi connectivity index (χ3v) is 6.82. The monoisotopic (exact) mass is 398 g/mol. The van der Waals surface area contributed by atoms with Crippen molar-refractivity contribution in [3.8, 4) is 0 Å². The number of rotatable bonds is 5. The van der Waals surface area contributed by atoms with E-state index in [0.717, 1.165) is 6.07 Å². The second-order valence-corrected chi connectivity index (χ2v) is 10.1. The molecule has 146 valence electrons. The molecule has 0 unspecified atom stereocenters. The summed E-state index contributed by atoms with van der Waals surface area (Å²) < 4.78 is 62.7. The number of sulfone groups is 1. The molecule has 27 heavy (non-hydrogen) atoms. The predicted molar refractivity (Wildman–Crippen MR) is 98.3 cm³/mol. The van der Waals surface area contributed by atoms with Crippen LogP contribution in [0.25, 0.3) is 0 Å². The Hall–Kier alpha value is -2.15. The highest BCUT2D eigenvalue weighted by Gasteiger charge is 2.33. The number of Topliss-reactive ketones (excluding diaryl/α,β-unsaturated/α-hetero) is 1. The van der Waals surface area contributed by atoms with Gasteiger partial charge in [-0.2, -0.15) is 13.2 Å². The molecule has 7 heteroatoms. The maximum Gasteiger partial charge on any atom is 0.416 e. The van der Waals surface area contributed by atoms with E-state index in [2.05, 4.69) is 0 Å². The second-order valence-electron chi connectivity index (χ2n) is 7.32. The van der Waals surface area contributed by atoms with E-state index >= 15 is 0 Å². The molecule has 0 fully saturated rings. The molecule has 2 aromatic carbocycles. The third kappa shape index (κ3) is 5.19. The lowest BCUT2D eigenvalue weighted by molar-refractivity contribution is -0.138. The van der Waals surface area contributed by atoms with Crippen LogP contribution in [0.4, 0.5) is 13.2 Å². The predicted octanol–water partition coefficient (Wildman–Crippen LogP) is 4.84. The molecule has 0 N–H and O–H groups in total. The largest absolute Gasteiger partial charge is 0.416 e. The van der Waals surface area contributed by atoms with Gasteiger partial charge in [0, 0.05) is 12.0 Å². The van der Waals surface area contributed by atoms with Crippen LogP contribution < -0.4 is 0 Å². The molecule has 0 spiro atoms. The first-order valence-electron chi connectivity index (χ1n) is 8.31. The number of ketones is 1. The van der Waals surface area contributed by atoms with Gasteiger partial charge in [0.1, 0.15) is 0 Å². The van der Waals surface area contributed by atoms with Crippen LogP contribution in [0.5, 0.6) is 0 Å². The molecule has 0 bridgehead atoms. The molecule has 0 aliphatic carbocycles. The second kappa shape index (κ2) is 7.46. The van der Waals surface area contributed by atoms with E-state index in [0.29, 0.717) is 5.56 Å². The first kappa shape index (κ1) is 21.2. The number of benzene rings is 2. The molecule has 0 radical (unpaired) electrons. The summed E-state index contributed by atoms with van der Waals surface area (Å²) >= 11 is 0. The van der Waals surface area contributed by atoms with Crippen molar-refractivity contribution in [2.75, 3.05) is 0 Å². The molecule has 0 saturated carbocycles. The van der Waals surface area contributed by atoms with Crippen LogP contribution in [0.2, 0.25) is 0 Å². The smallest absolute Gasteiger partial charge is 0.294 e. The Labute approximate surface area is 157 Å². The quantitative estimate of drug-likeness (QED) is 0.677. The number of hydrogen-bond acceptors (Lipinski definition) is 3. The average molecular weight is 398 g/mol. The van der Waals surface area contributed by atoms with Crippen molar-refractivity contribution >= 4 is 15.6 Å². The van der Waals surface area contributed by atoms with Crippen LogP contribution in [-0.2, 0) is 28.2 Å². The lowest BCUT2D eigenvalue weighted by Crippen LogP contribution is -2.29. The summed E-state index contributed by atoms with van der Waals surface area (Å²) in [6, 6.07) is 10.9. The summed E-state index contributed by atoms with van der Waals surface area (Å²) in [5.74, 6) is -0.626. The van der Waals surface area contributed by atoms with Crippen molar-refractivity contribution < 1.29 is 26.4 Å². The van der Waals surface area contributed by atoms with E-state index in [1.165, 1.54) is 42.5 Å². The maximum atomic E-state index is 13.0. The Bertz CT molecular complexity index is 922. The first-order chi connectivity index (χ1) is 12.3. The maximum absolute atomic E-state index is 13.0. The van der Waals surface area contributed by atoms with Crippen molar-refractivity contribution in [2.45, 2.75) is 43.9 Å². The molecule has 3 nitrogen and oxygen atoms in total. The van der Waals surface area contributed by atoms with Gasteiger partial charge in [-0.25, -0.2) is 8.42 Å². The van der Waals surface area contributed by atoms with E-state index < -0.39 is 32.1 Å². The minimum atomic E-state index is -4.53. The summed E-state index contributed by atoms with van der Waals surface area (Å²) in [5.41, 5.74) is -0.151. The van der Waals surface area contributed by atoms with Crippen molar-refractivity contribution in [1.82, 2.24) is 0 Å². The highest BCUT2D eigenvalue weighted by Crippen LogP contribution is 2.32. The molecular formula is C20H21F3O3S. The molecular weight excluding hydrogens is 377 g/mol. The van der Waals surface area contributed by atoms with E-state index in [1.54, 1.807) is 20.8 Å². The van der Waals surface area contributed by atoms with Crippen molar-refractivity contribution in [2.24, 2.45) is 0 Å². The van der Waals surface area contributed by atoms with Crippen molar-refractivity contribution in [1.29, 1.82) is 0 Å². The minimum absolute atomic E-state index is 0.0885. The van der Waals surface area contributed by atoms with Gasteiger partial charge >= 0.3 is 6.18 Å². The Morgan fingerprint density at radius 1 is 0.926 bits per heavy atom. The lowest BCUT2D eigenvalue weighted by atomic mass is 9.98. The third-order valence-electron chi connectivity index (χ3n) is 4.24. The Morgan fingerprint density at radius 3 is 2.00 bits per heavy atom. The van der Waals surface area contributed by atoms with Gasteiger partial charge in [-0.3, -0.25) is 4.79 Å².